The summed E-state index contributed by atoms with van der Waals surface area (Å²) in [6.45, 7) is 2.00. The number of carboxylic acid groups (broad SMARTS) is 1. The minimum Gasteiger partial charge on any atom is -0.481 e. The Balaban J connectivity index is 2.06. The van der Waals surface area contributed by atoms with Gasteiger partial charge in [0.25, 0.3) is 5.91 Å². The molecule has 2 aromatic rings. The van der Waals surface area contributed by atoms with Crippen LogP contribution in [0.4, 0.5) is 0 Å². The summed E-state index contributed by atoms with van der Waals surface area (Å²) in [7, 11) is 0. The van der Waals surface area contributed by atoms with E-state index in [1.807, 2.05) is 6.07 Å². The number of nitrogens with one attached hydrogen (secondary N) is 1. The molecular weight excluding hydrogens is 278 g/mol. The maximum absolute atomic E-state index is 11.9. The summed E-state index contributed by atoms with van der Waals surface area (Å²) in [6, 6.07) is 7.14. The van der Waals surface area contributed by atoms with E-state index in [2.05, 4.69) is 14.9 Å². The predicted octanol–water partition coefficient (Wildman–Crippen LogP) is 1.40. The SMILES string of the molecule is Cc1nnsc1C(=O)NCc1ccccc1CC(=O)O. The maximum Gasteiger partial charge on any atom is 0.307 e. The van der Waals surface area contributed by atoms with Crippen LogP contribution in [0.2, 0.25) is 0 Å². The molecule has 104 valence electrons. The second-order valence-corrected chi connectivity index (χ2v) is 4.96. The van der Waals surface area contributed by atoms with Crippen molar-refractivity contribution in [3.8, 4) is 0 Å². The Morgan fingerprint density at radius 3 is 2.60 bits per heavy atom. The van der Waals surface area contributed by atoms with E-state index in [1.54, 1.807) is 25.1 Å². The summed E-state index contributed by atoms with van der Waals surface area (Å²) < 4.78 is 3.71. The van der Waals surface area contributed by atoms with Crippen molar-refractivity contribution in [1.29, 1.82) is 0 Å². The number of amides is 1. The van der Waals surface area contributed by atoms with Crippen LogP contribution in [0.5, 0.6) is 0 Å². The van der Waals surface area contributed by atoms with Gasteiger partial charge in [0, 0.05) is 6.54 Å². The number of aliphatic carboxylic acids is 1. The fourth-order valence-electron chi connectivity index (χ4n) is 1.76. The molecule has 0 bridgehead atoms. The van der Waals surface area contributed by atoms with E-state index in [0.29, 0.717) is 16.1 Å². The van der Waals surface area contributed by atoms with Crippen molar-refractivity contribution in [2.45, 2.75) is 19.9 Å². The van der Waals surface area contributed by atoms with Gasteiger partial charge in [-0.05, 0) is 29.6 Å². The molecule has 1 aromatic carbocycles. The quantitative estimate of drug-likeness (QED) is 0.868. The summed E-state index contributed by atoms with van der Waals surface area (Å²) in [4.78, 5) is 23.2. The van der Waals surface area contributed by atoms with Crippen LogP contribution >= 0.6 is 11.5 Å². The highest BCUT2D eigenvalue weighted by Crippen LogP contribution is 2.12. The number of carbonyl (C=O) groups excluding carboxylic acids is 1. The first-order valence-electron chi connectivity index (χ1n) is 5.93. The lowest BCUT2D eigenvalue weighted by Gasteiger charge is -2.08. The van der Waals surface area contributed by atoms with Gasteiger partial charge in [-0.2, -0.15) is 0 Å². The Kier molecular flexibility index (Phi) is 4.41. The number of nitrogens with zero attached hydrogens (tertiary/aromatic N) is 2. The second-order valence-electron chi connectivity index (χ2n) is 4.21. The monoisotopic (exact) mass is 291 g/mol. The lowest BCUT2D eigenvalue weighted by atomic mass is 10.0. The van der Waals surface area contributed by atoms with Gasteiger partial charge < -0.3 is 10.4 Å². The topological polar surface area (TPSA) is 92.2 Å². The Morgan fingerprint density at radius 1 is 1.30 bits per heavy atom. The number of carboxylic acids is 1. The van der Waals surface area contributed by atoms with Crippen LogP contribution in [0.25, 0.3) is 0 Å². The zero-order valence-corrected chi connectivity index (χ0v) is 11.6. The molecular formula is C13H13N3O3S. The fourth-order valence-corrected chi connectivity index (χ4v) is 2.33. The molecule has 1 aromatic heterocycles. The molecule has 0 saturated carbocycles. The van der Waals surface area contributed by atoms with Crippen LogP contribution in [0.3, 0.4) is 0 Å². The zero-order valence-electron chi connectivity index (χ0n) is 10.8. The van der Waals surface area contributed by atoms with Gasteiger partial charge in [-0.1, -0.05) is 28.8 Å². The van der Waals surface area contributed by atoms with Crippen molar-refractivity contribution in [2.75, 3.05) is 0 Å². The van der Waals surface area contributed by atoms with Crippen molar-refractivity contribution in [1.82, 2.24) is 14.9 Å². The summed E-state index contributed by atoms with van der Waals surface area (Å²) in [6.07, 6.45) is -0.0623. The van der Waals surface area contributed by atoms with Gasteiger partial charge in [0.15, 0.2) is 0 Å². The van der Waals surface area contributed by atoms with Crippen LogP contribution in [-0.4, -0.2) is 26.6 Å². The van der Waals surface area contributed by atoms with Gasteiger partial charge in [0.1, 0.15) is 4.88 Å². The normalized spacial score (nSPS) is 10.2. The molecule has 0 unspecified atom stereocenters. The summed E-state index contributed by atoms with van der Waals surface area (Å²) >= 11 is 1.04. The Hall–Kier alpha value is -2.28. The van der Waals surface area contributed by atoms with Crippen LogP contribution in [-0.2, 0) is 17.8 Å². The molecule has 1 heterocycles. The average Bonchev–Trinajstić information content (AvgIpc) is 2.83. The van der Waals surface area contributed by atoms with Gasteiger partial charge in [-0.25, -0.2) is 0 Å². The summed E-state index contributed by atoms with van der Waals surface area (Å²) in [5, 5.41) is 15.4. The van der Waals surface area contributed by atoms with Crippen molar-refractivity contribution >= 4 is 23.4 Å². The van der Waals surface area contributed by atoms with Gasteiger partial charge in [-0.3, -0.25) is 9.59 Å². The van der Waals surface area contributed by atoms with Gasteiger partial charge in [0.2, 0.25) is 0 Å². The molecule has 0 aliphatic carbocycles. The number of benzene rings is 1. The van der Waals surface area contributed by atoms with Crippen LogP contribution in [0, 0.1) is 6.92 Å². The Morgan fingerprint density at radius 2 is 2.00 bits per heavy atom. The molecule has 2 rings (SSSR count). The Bertz CT molecular complexity index is 639. The highest BCUT2D eigenvalue weighted by Gasteiger charge is 2.13. The second kappa shape index (κ2) is 6.25. The van der Waals surface area contributed by atoms with Crippen molar-refractivity contribution < 1.29 is 14.7 Å². The minimum atomic E-state index is -0.897. The van der Waals surface area contributed by atoms with Crippen LogP contribution < -0.4 is 5.32 Å². The first-order chi connectivity index (χ1) is 9.58. The van der Waals surface area contributed by atoms with Gasteiger partial charge in [-0.15, -0.1) is 5.10 Å². The van der Waals surface area contributed by atoms with Gasteiger partial charge >= 0.3 is 5.97 Å². The molecule has 0 atom stereocenters. The molecule has 7 heteroatoms. The van der Waals surface area contributed by atoms with Crippen molar-refractivity contribution in [2.24, 2.45) is 0 Å². The van der Waals surface area contributed by atoms with E-state index in [1.165, 1.54) is 0 Å². The molecule has 0 aliphatic rings. The summed E-state index contributed by atoms with van der Waals surface area (Å²) in [5.41, 5.74) is 2.07. The molecule has 2 N–H and O–H groups in total. The first kappa shape index (κ1) is 14.1. The average molecular weight is 291 g/mol. The van der Waals surface area contributed by atoms with E-state index in [9.17, 15) is 9.59 Å². The lowest BCUT2D eigenvalue weighted by Crippen LogP contribution is -2.23. The third kappa shape index (κ3) is 3.39. The van der Waals surface area contributed by atoms with Crippen LogP contribution in [0.1, 0.15) is 26.5 Å². The molecule has 0 spiro atoms. The fraction of sp³-hybridized carbons (Fsp3) is 0.231. The minimum absolute atomic E-state index is 0.0623. The molecule has 0 radical (unpaired) electrons. The van der Waals surface area contributed by atoms with E-state index < -0.39 is 5.97 Å². The number of rotatable bonds is 5. The van der Waals surface area contributed by atoms with Crippen molar-refractivity contribution in [3.63, 3.8) is 0 Å². The smallest absolute Gasteiger partial charge is 0.307 e. The number of hydrogen-bond acceptors (Lipinski definition) is 5. The number of aryl methyl sites for hydroxylation is 1. The third-order valence-corrected chi connectivity index (χ3v) is 3.58. The molecule has 0 saturated heterocycles. The highest BCUT2D eigenvalue weighted by molar-refractivity contribution is 7.07. The summed E-state index contributed by atoms with van der Waals surface area (Å²) in [5.74, 6) is -1.14. The highest BCUT2D eigenvalue weighted by atomic mass is 32.1. The lowest BCUT2D eigenvalue weighted by molar-refractivity contribution is -0.136. The van der Waals surface area contributed by atoms with E-state index in [-0.39, 0.29) is 18.9 Å². The molecule has 0 aliphatic heterocycles. The standard InChI is InChI=1S/C13H13N3O3S/c1-8-12(20-16-15-8)13(19)14-7-10-5-3-2-4-9(10)6-11(17)18/h2-5H,6-7H2,1H3,(H,14,19)(H,17,18). The van der Waals surface area contributed by atoms with Crippen LogP contribution in [0.15, 0.2) is 24.3 Å². The van der Waals surface area contributed by atoms with Crippen molar-refractivity contribution in [3.05, 3.63) is 46.0 Å². The predicted molar refractivity (Wildman–Crippen MR) is 73.6 cm³/mol. The van der Waals surface area contributed by atoms with E-state index in [4.69, 9.17) is 5.11 Å². The number of carbonyl (C=O) groups is 2. The zero-order chi connectivity index (χ0) is 14.5. The largest absolute Gasteiger partial charge is 0.481 e. The molecule has 0 fully saturated rings. The van der Waals surface area contributed by atoms with E-state index >= 15 is 0 Å². The first-order valence-corrected chi connectivity index (χ1v) is 6.71. The van der Waals surface area contributed by atoms with E-state index in [0.717, 1.165) is 17.1 Å². The molecule has 6 nitrogen and oxygen atoms in total. The molecule has 1 amide bonds. The number of hydrogen-bond donors (Lipinski definition) is 2. The molecule has 20 heavy (non-hydrogen) atoms. The Labute approximate surface area is 119 Å². The third-order valence-electron chi connectivity index (χ3n) is 2.76. The maximum atomic E-state index is 11.9. The number of aromatic nitrogens is 2. The van der Waals surface area contributed by atoms with Gasteiger partial charge in [0.05, 0.1) is 12.1 Å².